The van der Waals surface area contributed by atoms with E-state index in [0.717, 1.165) is 32.4 Å². The van der Waals surface area contributed by atoms with Gasteiger partial charge in [-0.15, -0.1) is 0 Å². The smallest absolute Gasteiger partial charge is 0.236 e. The lowest BCUT2D eigenvalue weighted by atomic mass is 9.99. The van der Waals surface area contributed by atoms with Crippen LogP contribution in [-0.4, -0.2) is 78.4 Å². The first-order valence-corrected chi connectivity index (χ1v) is 9.08. The second-order valence-electron chi connectivity index (χ2n) is 6.78. The van der Waals surface area contributed by atoms with Gasteiger partial charge < -0.3 is 15.5 Å². The van der Waals surface area contributed by atoms with Crippen molar-refractivity contribution in [1.29, 1.82) is 0 Å². The third-order valence-corrected chi connectivity index (χ3v) is 5.39. The summed E-state index contributed by atoms with van der Waals surface area (Å²) in [6, 6.07) is 0.191. The fourth-order valence-corrected chi connectivity index (χ4v) is 3.62. The third-order valence-electron chi connectivity index (χ3n) is 5.39. The van der Waals surface area contributed by atoms with Gasteiger partial charge in [0.15, 0.2) is 0 Å². The first-order valence-electron chi connectivity index (χ1n) is 9.08. The minimum Gasteiger partial charge on any atom is -0.339 e. The van der Waals surface area contributed by atoms with Gasteiger partial charge in [0.05, 0.1) is 6.54 Å². The number of carbonyl (C=O) groups is 2. The number of hydrogen-bond donors (Lipinski definition) is 1. The molecule has 2 amide bonds. The van der Waals surface area contributed by atoms with E-state index in [1.807, 2.05) is 9.80 Å². The summed E-state index contributed by atoms with van der Waals surface area (Å²) in [6.07, 6.45) is 3.85. The Balaban J connectivity index is 1.74. The molecule has 1 aliphatic carbocycles. The number of likely N-dealkylation sites (N-methyl/N-ethyl adjacent to an activating group) is 1. The van der Waals surface area contributed by atoms with Crippen molar-refractivity contribution < 1.29 is 9.59 Å². The third kappa shape index (κ3) is 4.91. The van der Waals surface area contributed by atoms with Crippen LogP contribution < -0.4 is 5.73 Å². The van der Waals surface area contributed by atoms with Crippen molar-refractivity contribution in [2.45, 2.75) is 45.6 Å². The maximum absolute atomic E-state index is 12.4. The highest BCUT2D eigenvalue weighted by atomic mass is 16.2. The van der Waals surface area contributed by atoms with Crippen molar-refractivity contribution in [3.63, 3.8) is 0 Å². The van der Waals surface area contributed by atoms with Crippen molar-refractivity contribution >= 4 is 11.8 Å². The van der Waals surface area contributed by atoms with Gasteiger partial charge in [0, 0.05) is 38.6 Å². The van der Waals surface area contributed by atoms with Gasteiger partial charge in [-0.3, -0.25) is 14.5 Å². The lowest BCUT2D eigenvalue weighted by Crippen LogP contribution is -2.53. The molecular formula is C17H32N4O2. The zero-order chi connectivity index (χ0) is 16.8. The molecule has 2 N–H and O–H groups in total. The molecule has 0 aromatic rings. The van der Waals surface area contributed by atoms with Gasteiger partial charge in [-0.05, 0) is 31.8 Å². The molecule has 0 aromatic heterocycles. The molecule has 2 aliphatic rings. The molecule has 6 nitrogen and oxygen atoms in total. The molecule has 1 saturated carbocycles. The average molecular weight is 324 g/mol. The molecule has 0 aromatic carbocycles. The van der Waals surface area contributed by atoms with Crippen molar-refractivity contribution in [2.75, 3.05) is 45.8 Å². The Labute approximate surface area is 140 Å². The molecular weight excluding hydrogens is 292 g/mol. The summed E-state index contributed by atoms with van der Waals surface area (Å²) in [5, 5.41) is 0. The van der Waals surface area contributed by atoms with Crippen LogP contribution in [-0.2, 0) is 9.59 Å². The zero-order valence-corrected chi connectivity index (χ0v) is 14.7. The van der Waals surface area contributed by atoms with E-state index < -0.39 is 0 Å². The number of nitrogens with two attached hydrogens (primary N) is 1. The normalized spacial score (nSPS) is 25.2. The van der Waals surface area contributed by atoms with E-state index in [-0.39, 0.29) is 17.9 Å². The summed E-state index contributed by atoms with van der Waals surface area (Å²) >= 11 is 0. The number of nitrogens with zero attached hydrogens (tertiary/aromatic N) is 3. The summed E-state index contributed by atoms with van der Waals surface area (Å²) < 4.78 is 0. The van der Waals surface area contributed by atoms with E-state index in [1.165, 1.54) is 0 Å². The molecule has 0 unspecified atom stereocenters. The molecule has 0 radical (unpaired) electrons. The molecule has 2 rings (SSSR count). The number of amides is 2. The van der Waals surface area contributed by atoms with Gasteiger partial charge in [0.2, 0.25) is 11.8 Å². The van der Waals surface area contributed by atoms with Gasteiger partial charge in [0.1, 0.15) is 0 Å². The van der Waals surface area contributed by atoms with E-state index >= 15 is 0 Å². The highest BCUT2D eigenvalue weighted by molar-refractivity contribution is 5.79. The van der Waals surface area contributed by atoms with E-state index in [0.29, 0.717) is 45.1 Å². The lowest BCUT2D eigenvalue weighted by molar-refractivity contribution is -0.140. The Morgan fingerprint density at radius 3 is 2.04 bits per heavy atom. The topological polar surface area (TPSA) is 69.9 Å². The van der Waals surface area contributed by atoms with Crippen LogP contribution in [0.4, 0.5) is 0 Å². The molecule has 2 fully saturated rings. The number of piperazine rings is 1. The zero-order valence-electron chi connectivity index (χ0n) is 14.7. The fourth-order valence-electron chi connectivity index (χ4n) is 3.62. The Morgan fingerprint density at radius 2 is 1.57 bits per heavy atom. The molecule has 23 heavy (non-hydrogen) atoms. The van der Waals surface area contributed by atoms with Crippen LogP contribution >= 0.6 is 0 Å². The number of hydrogen-bond acceptors (Lipinski definition) is 4. The molecule has 0 bridgehead atoms. The Kier molecular flexibility index (Phi) is 6.84. The van der Waals surface area contributed by atoms with Crippen LogP contribution in [0.1, 0.15) is 39.5 Å². The van der Waals surface area contributed by atoms with Gasteiger partial charge in [-0.1, -0.05) is 20.3 Å². The molecule has 1 aliphatic heterocycles. The quantitative estimate of drug-likeness (QED) is 0.773. The van der Waals surface area contributed by atoms with Crippen molar-refractivity contribution in [2.24, 2.45) is 11.7 Å². The monoisotopic (exact) mass is 324 g/mol. The highest BCUT2D eigenvalue weighted by Crippen LogP contribution is 2.27. The second-order valence-corrected chi connectivity index (χ2v) is 6.78. The maximum atomic E-state index is 12.4. The van der Waals surface area contributed by atoms with Crippen LogP contribution in [0.2, 0.25) is 0 Å². The highest BCUT2D eigenvalue weighted by Gasteiger charge is 2.30. The minimum absolute atomic E-state index is 0.179. The van der Waals surface area contributed by atoms with E-state index in [2.05, 4.69) is 18.7 Å². The van der Waals surface area contributed by atoms with Crippen molar-refractivity contribution in [1.82, 2.24) is 14.7 Å². The van der Waals surface area contributed by atoms with Gasteiger partial charge in [0.25, 0.3) is 0 Å². The summed E-state index contributed by atoms with van der Waals surface area (Å²) in [7, 11) is 0. The fraction of sp³-hybridized carbons (Fsp3) is 0.882. The van der Waals surface area contributed by atoms with Crippen molar-refractivity contribution in [3.05, 3.63) is 0 Å². The predicted octanol–water partition coefficient (Wildman–Crippen LogP) is 0.517. The van der Waals surface area contributed by atoms with Gasteiger partial charge in [-0.25, -0.2) is 0 Å². The van der Waals surface area contributed by atoms with Crippen LogP contribution in [0.3, 0.4) is 0 Å². The Morgan fingerprint density at radius 1 is 1.00 bits per heavy atom. The molecule has 6 heteroatoms. The standard InChI is InChI=1S/C17H32N4O2/c1-3-19(4-2)13-17(23)21-10-8-20(9-11-21)16(22)12-14-6-5-7-15(14)18/h14-15H,3-13,18H2,1-2H3/t14-,15+/m0/s1. The van der Waals surface area contributed by atoms with Crippen LogP contribution in [0.5, 0.6) is 0 Å². The van der Waals surface area contributed by atoms with Crippen LogP contribution in [0.25, 0.3) is 0 Å². The molecule has 132 valence electrons. The largest absolute Gasteiger partial charge is 0.339 e. The maximum Gasteiger partial charge on any atom is 0.236 e. The SMILES string of the molecule is CCN(CC)CC(=O)N1CCN(C(=O)C[C@@H]2CCC[C@H]2N)CC1. The summed E-state index contributed by atoms with van der Waals surface area (Å²) in [6.45, 7) is 9.03. The van der Waals surface area contributed by atoms with Gasteiger partial charge >= 0.3 is 0 Å². The summed E-state index contributed by atoms with van der Waals surface area (Å²) in [5.74, 6) is 0.742. The van der Waals surface area contributed by atoms with Gasteiger partial charge in [-0.2, -0.15) is 0 Å². The van der Waals surface area contributed by atoms with E-state index in [1.54, 1.807) is 0 Å². The molecule has 1 saturated heterocycles. The van der Waals surface area contributed by atoms with Crippen LogP contribution in [0, 0.1) is 5.92 Å². The Hall–Kier alpha value is -1.14. The Bertz CT molecular complexity index is 403. The second kappa shape index (κ2) is 8.64. The predicted molar refractivity (Wildman–Crippen MR) is 90.9 cm³/mol. The summed E-state index contributed by atoms with van der Waals surface area (Å²) in [5.41, 5.74) is 6.06. The van der Waals surface area contributed by atoms with Crippen LogP contribution in [0.15, 0.2) is 0 Å². The first kappa shape index (κ1) is 18.2. The molecule has 2 atom stereocenters. The molecule has 0 spiro atoms. The lowest BCUT2D eigenvalue weighted by Gasteiger charge is -2.36. The van der Waals surface area contributed by atoms with E-state index in [4.69, 9.17) is 5.73 Å². The summed E-state index contributed by atoms with van der Waals surface area (Å²) in [4.78, 5) is 30.6. The first-order chi connectivity index (χ1) is 11.0. The molecule has 1 heterocycles. The average Bonchev–Trinajstić information content (AvgIpc) is 2.97. The number of carbonyl (C=O) groups excluding carboxylic acids is 2. The van der Waals surface area contributed by atoms with E-state index in [9.17, 15) is 9.59 Å². The number of rotatable bonds is 6. The minimum atomic E-state index is 0.179. The van der Waals surface area contributed by atoms with Crippen molar-refractivity contribution in [3.8, 4) is 0 Å².